The summed E-state index contributed by atoms with van der Waals surface area (Å²) in [6, 6.07) is 5.17. The molecule has 0 N–H and O–H groups in total. The van der Waals surface area contributed by atoms with Gasteiger partial charge in [-0.2, -0.15) is 15.5 Å². The standard InChI is InChI=1S/C13H13N5/c14-7-9-8-15-4-3-12(9)18-10-1-2-11(18)6-13(5-10)16-17-13/h3-4,8,10-11H,1-2,5-6H2. The quantitative estimate of drug-likeness (QED) is 0.755. The predicted octanol–water partition coefficient (Wildman–Crippen LogP) is 2.25. The van der Waals surface area contributed by atoms with E-state index in [1.165, 1.54) is 12.8 Å². The maximum Gasteiger partial charge on any atom is 0.194 e. The Balaban J connectivity index is 1.72. The van der Waals surface area contributed by atoms with E-state index in [4.69, 9.17) is 0 Å². The molecule has 3 aliphatic rings. The number of fused-ring (bicyclic) bond motifs is 2. The van der Waals surface area contributed by atoms with Gasteiger partial charge in [0.05, 0.1) is 11.3 Å². The summed E-state index contributed by atoms with van der Waals surface area (Å²) in [5.74, 6) is 0. The highest BCUT2D eigenvalue weighted by Gasteiger charge is 2.54. The summed E-state index contributed by atoms with van der Waals surface area (Å²) >= 11 is 0. The Morgan fingerprint density at radius 2 is 2.00 bits per heavy atom. The number of rotatable bonds is 1. The molecule has 1 aromatic heterocycles. The molecule has 2 saturated heterocycles. The van der Waals surface area contributed by atoms with E-state index in [0.717, 1.165) is 18.5 Å². The maximum absolute atomic E-state index is 9.20. The first-order valence-electron chi connectivity index (χ1n) is 6.38. The van der Waals surface area contributed by atoms with Crippen molar-refractivity contribution in [3.05, 3.63) is 24.0 Å². The SMILES string of the molecule is N#Cc1cnccc1N1C2CCC1CC1(C2)N=N1. The van der Waals surface area contributed by atoms with E-state index < -0.39 is 0 Å². The highest BCUT2D eigenvalue weighted by atomic mass is 15.5. The summed E-state index contributed by atoms with van der Waals surface area (Å²) in [5.41, 5.74) is 1.66. The summed E-state index contributed by atoms with van der Waals surface area (Å²) < 4.78 is 0. The van der Waals surface area contributed by atoms with E-state index in [1.54, 1.807) is 12.4 Å². The molecule has 5 nitrogen and oxygen atoms in total. The third-order valence-electron chi connectivity index (χ3n) is 4.32. The van der Waals surface area contributed by atoms with E-state index in [1.807, 2.05) is 6.07 Å². The molecule has 2 bridgehead atoms. The van der Waals surface area contributed by atoms with Crippen LogP contribution in [0.3, 0.4) is 0 Å². The van der Waals surface area contributed by atoms with Crippen molar-refractivity contribution in [3.8, 4) is 6.07 Å². The predicted molar refractivity (Wildman–Crippen MR) is 65.1 cm³/mol. The number of piperidine rings is 1. The molecule has 18 heavy (non-hydrogen) atoms. The van der Waals surface area contributed by atoms with Gasteiger partial charge < -0.3 is 4.90 Å². The molecule has 0 aliphatic carbocycles. The molecule has 0 aromatic carbocycles. The fourth-order valence-electron chi connectivity index (χ4n) is 3.53. The summed E-state index contributed by atoms with van der Waals surface area (Å²) in [7, 11) is 0. The number of aromatic nitrogens is 1. The summed E-state index contributed by atoms with van der Waals surface area (Å²) in [6.45, 7) is 0. The molecule has 2 fully saturated rings. The molecule has 1 spiro atoms. The van der Waals surface area contributed by atoms with Crippen molar-refractivity contribution >= 4 is 5.69 Å². The zero-order chi connectivity index (χ0) is 12.2. The smallest absolute Gasteiger partial charge is 0.194 e. The van der Waals surface area contributed by atoms with Crippen LogP contribution in [0.2, 0.25) is 0 Å². The van der Waals surface area contributed by atoms with Crippen LogP contribution in [0, 0.1) is 11.3 Å². The molecule has 2 unspecified atom stereocenters. The van der Waals surface area contributed by atoms with Crippen LogP contribution in [-0.4, -0.2) is 22.7 Å². The molecule has 3 aliphatic heterocycles. The zero-order valence-electron chi connectivity index (χ0n) is 9.95. The van der Waals surface area contributed by atoms with Crippen molar-refractivity contribution in [1.82, 2.24) is 4.98 Å². The van der Waals surface area contributed by atoms with Crippen LogP contribution in [0.5, 0.6) is 0 Å². The Bertz CT molecular complexity index is 551. The van der Waals surface area contributed by atoms with Crippen molar-refractivity contribution in [1.29, 1.82) is 5.26 Å². The Labute approximate surface area is 105 Å². The molecule has 0 saturated carbocycles. The van der Waals surface area contributed by atoms with Crippen molar-refractivity contribution < 1.29 is 0 Å². The number of pyridine rings is 1. The first-order chi connectivity index (χ1) is 8.81. The topological polar surface area (TPSA) is 64.6 Å². The molecular formula is C13H13N5. The van der Waals surface area contributed by atoms with E-state index >= 15 is 0 Å². The van der Waals surface area contributed by atoms with Crippen LogP contribution < -0.4 is 4.90 Å². The largest absolute Gasteiger partial charge is 0.364 e. The first kappa shape index (κ1) is 10.0. The average molecular weight is 239 g/mol. The Kier molecular flexibility index (Phi) is 1.83. The number of nitrogens with zero attached hydrogens (tertiary/aromatic N) is 5. The van der Waals surface area contributed by atoms with Gasteiger partial charge in [-0.1, -0.05) is 0 Å². The van der Waals surface area contributed by atoms with E-state index in [9.17, 15) is 5.26 Å². The second kappa shape index (κ2) is 3.29. The molecular weight excluding hydrogens is 226 g/mol. The Hall–Kier alpha value is -1.96. The molecule has 0 amide bonds. The number of hydrogen-bond donors (Lipinski definition) is 0. The molecule has 5 heteroatoms. The van der Waals surface area contributed by atoms with Gasteiger partial charge in [0, 0.05) is 37.3 Å². The van der Waals surface area contributed by atoms with Gasteiger partial charge in [0.15, 0.2) is 5.66 Å². The summed E-state index contributed by atoms with van der Waals surface area (Å²) in [5, 5.41) is 17.7. The second-order valence-electron chi connectivity index (χ2n) is 5.39. The van der Waals surface area contributed by atoms with Gasteiger partial charge in [-0.3, -0.25) is 4.98 Å². The van der Waals surface area contributed by atoms with Crippen LogP contribution in [0.4, 0.5) is 5.69 Å². The van der Waals surface area contributed by atoms with Crippen LogP contribution in [0.15, 0.2) is 28.7 Å². The second-order valence-corrected chi connectivity index (χ2v) is 5.39. The highest BCUT2D eigenvalue weighted by Crippen LogP contribution is 2.50. The molecule has 1 aromatic rings. The fourth-order valence-corrected chi connectivity index (χ4v) is 3.53. The summed E-state index contributed by atoms with van der Waals surface area (Å²) in [6.07, 6.45) is 7.82. The lowest BCUT2D eigenvalue weighted by molar-refractivity contribution is 0.374. The van der Waals surface area contributed by atoms with E-state index in [-0.39, 0.29) is 5.66 Å². The normalized spacial score (nSPS) is 30.5. The van der Waals surface area contributed by atoms with Crippen LogP contribution >= 0.6 is 0 Å². The van der Waals surface area contributed by atoms with E-state index in [0.29, 0.717) is 17.6 Å². The minimum atomic E-state index is -0.0534. The minimum absolute atomic E-state index is 0.0534. The molecule has 4 heterocycles. The van der Waals surface area contributed by atoms with Crippen LogP contribution in [0.1, 0.15) is 31.2 Å². The summed E-state index contributed by atoms with van der Waals surface area (Å²) in [4.78, 5) is 6.45. The van der Waals surface area contributed by atoms with Crippen molar-refractivity contribution in [2.75, 3.05) is 4.90 Å². The van der Waals surface area contributed by atoms with Gasteiger partial charge in [0.1, 0.15) is 6.07 Å². The third kappa shape index (κ3) is 1.29. The molecule has 90 valence electrons. The van der Waals surface area contributed by atoms with Crippen LogP contribution in [-0.2, 0) is 0 Å². The van der Waals surface area contributed by atoms with Gasteiger partial charge in [-0.25, -0.2) is 0 Å². The number of hydrogen-bond acceptors (Lipinski definition) is 5. The van der Waals surface area contributed by atoms with Gasteiger partial charge in [0.2, 0.25) is 0 Å². The Morgan fingerprint density at radius 1 is 1.28 bits per heavy atom. The third-order valence-corrected chi connectivity index (χ3v) is 4.32. The first-order valence-corrected chi connectivity index (χ1v) is 6.38. The molecule has 4 rings (SSSR count). The number of anilines is 1. The molecule has 0 radical (unpaired) electrons. The van der Waals surface area contributed by atoms with Crippen molar-refractivity contribution in [3.63, 3.8) is 0 Å². The number of nitriles is 1. The fraction of sp³-hybridized carbons (Fsp3) is 0.538. The zero-order valence-corrected chi connectivity index (χ0v) is 9.95. The maximum atomic E-state index is 9.20. The molecule has 2 atom stereocenters. The van der Waals surface area contributed by atoms with Gasteiger partial charge in [-0.05, 0) is 18.9 Å². The lowest BCUT2D eigenvalue weighted by Crippen LogP contribution is -2.46. The average Bonchev–Trinajstić information content (AvgIpc) is 3.09. The van der Waals surface area contributed by atoms with Gasteiger partial charge in [-0.15, -0.1) is 0 Å². The van der Waals surface area contributed by atoms with E-state index in [2.05, 4.69) is 26.2 Å². The van der Waals surface area contributed by atoms with Gasteiger partial charge >= 0.3 is 0 Å². The monoisotopic (exact) mass is 239 g/mol. The van der Waals surface area contributed by atoms with Crippen molar-refractivity contribution in [2.24, 2.45) is 10.2 Å². The lowest BCUT2D eigenvalue weighted by atomic mass is 9.93. The lowest BCUT2D eigenvalue weighted by Gasteiger charge is -2.39. The van der Waals surface area contributed by atoms with Gasteiger partial charge in [0.25, 0.3) is 0 Å². The highest BCUT2D eigenvalue weighted by molar-refractivity contribution is 5.60. The van der Waals surface area contributed by atoms with Crippen LogP contribution in [0.25, 0.3) is 0 Å². The minimum Gasteiger partial charge on any atom is -0.364 e. The van der Waals surface area contributed by atoms with Crippen molar-refractivity contribution in [2.45, 2.75) is 43.4 Å². The Morgan fingerprint density at radius 3 is 2.61 bits per heavy atom.